The Morgan fingerprint density at radius 1 is 1.04 bits per heavy atom. The molecule has 138 valence electrons. The van der Waals surface area contributed by atoms with Crippen LogP contribution in [0.15, 0.2) is 54.6 Å². The van der Waals surface area contributed by atoms with Gasteiger partial charge in [-0.2, -0.15) is 0 Å². The van der Waals surface area contributed by atoms with Gasteiger partial charge in [0, 0.05) is 38.4 Å². The van der Waals surface area contributed by atoms with E-state index in [1.165, 1.54) is 5.69 Å². The van der Waals surface area contributed by atoms with E-state index in [9.17, 15) is 4.79 Å². The molecule has 1 N–H and O–H groups in total. The maximum atomic E-state index is 12.5. The zero-order valence-electron chi connectivity index (χ0n) is 15.5. The highest BCUT2D eigenvalue weighted by molar-refractivity contribution is 5.81. The molecule has 26 heavy (non-hydrogen) atoms. The van der Waals surface area contributed by atoms with Crippen molar-refractivity contribution < 1.29 is 9.53 Å². The second kappa shape index (κ2) is 8.72. The van der Waals surface area contributed by atoms with Gasteiger partial charge in [0.1, 0.15) is 5.75 Å². The Morgan fingerprint density at radius 3 is 2.31 bits per heavy atom. The topological polar surface area (TPSA) is 44.8 Å². The largest absolute Gasteiger partial charge is 0.497 e. The predicted octanol–water partition coefficient (Wildman–Crippen LogP) is 2.52. The van der Waals surface area contributed by atoms with Crippen molar-refractivity contribution in [3.8, 4) is 5.75 Å². The van der Waals surface area contributed by atoms with Crippen molar-refractivity contribution in [1.29, 1.82) is 0 Å². The Morgan fingerprint density at radius 2 is 1.69 bits per heavy atom. The maximum Gasteiger partial charge on any atom is 0.237 e. The molecule has 0 bridgehead atoms. The summed E-state index contributed by atoms with van der Waals surface area (Å²) in [5.41, 5.74) is 2.32. The van der Waals surface area contributed by atoms with Gasteiger partial charge in [0.15, 0.2) is 0 Å². The van der Waals surface area contributed by atoms with Crippen LogP contribution in [0.25, 0.3) is 0 Å². The van der Waals surface area contributed by atoms with E-state index in [-0.39, 0.29) is 11.9 Å². The summed E-state index contributed by atoms with van der Waals surface area (Å²) in [6.45, 7) is 6.17. The SMILES string of the molecule is COc1ccc(N2CCN(C(C)C(=O)NCc3ccccc3)CC2)cc1. The summed E-state index contributed by atoms with van der Waals surface area (Å²) < 4.78 is 5.22. The molecule has 1 aliphatic heterocycles. The molecule has 0 aliphatic carbocycles. The van der Waals surface area contributed by atoms with Crippen LogP contribution in [0.1, 0.15) is 12.5 Å². The molecule has 2 aromatic carbocycles. The molecule has 1 amide bonds. The standard InChI is InChI=1S/C21H27N3O2/c1-17(21(25)22-16-18-6-4-3-5-7-18)23-12-14-24(15-13-23)19-8-10-20(26-2)11-9-19/h3-11,17H,12-16H2,1-2H3,(H,22,25). The molecule has 0 aromatic heterocycles. The van der Waals surface area contributed by atoms with Gasteiger partial charge in [-0.25, -0.2) is 0 Å². The molecule has 1 atom stereocenters. The van der Waals surface area contributed by atoms with Crippen molar-refractivity contribution in [2.45, 2.75) is 19.5 Å². The second-order valence-corrected chi connectivity index (χ2v) is 6.60. The van der Waals surface area contributed by atoms with E-state index in [0.29, 0.717) is 6.54 Å². The summed E-state index contributed by atoms with van der Waals surface area (Å²) in [4.78, 5) is 17.1. The molecule has 1 aliphatic rings. The van der Waals surface area contributed by atoms with Crippen LogP contribution in [-0.4, -0.2) is 50.1 Å². The fraction of sp³-hybridized carbons (Fsp3) is 0.381. The molecule has 1 heterocycles. The number of ether oxygens (including phenoxy) is 1. The van der Waals surface area contributed by atoms with Gasteiger partial charge < -0.3 is 15.0 Å². The van der Waals surface area contributed by atoms with Gasteiger partial charge in [-0.05, 0) is 36.8 Å². The first-order valence-electron chi connectivity index (χ1n) is 9.12. The van der Waals surface area contributed by atoms with Gasteiger partial charge in [-0.3, -0.25) is 9.69 Å². The molecule has 5 heteroatoms. The van der Waals surface area contributed by atoms with Crippen LogP contribution < -0.4 is 15.0 Å². The first kappa shape index (κ1) is 18.3. The molecular weight excluding hydrogens is 326 g/mol. The average Bonchev–Trinajstić information content (AvgIpc) is 2.72. The minimum absolute atomic E-state index is 0.0896. The van der Waals surface area contributed by atoms with E-state index in [0.717, 1.165) is 37.5 Å². The molecule has 1 fully saturated rings. The maximum absolute atomic E-state index is 12.5. The summed E-state index contributed by atoms with van der Waals surface area (Å²) in [6, 6.07) is 18.1. The Hall–Kier alpha value is -2.53. The lowest BCUT2D eigenvalue weighted by Gasteiger charge is -2.38. The fourth-order valence-electron chi connectivity index (χ4n) is 3.26. The van der Waals surface area contributed by atoms with E-state index >= 15 is 0 Å². The highest BCUT2D eigenvalue weighted by atomic mass is 16.5. The van der Waals surface area contributed by atoms with Crippen LogP contribution in [0.4, 0.5) is 5.69 Å². The van der Waals surface area contributed by atoms with Gasteiger partial charge in [0.25, 0.3) is 0 Å². The zero-order valence-corrected chi connectivity index (χ0v) is 15.5. The summed E-state index contributed by atoms with van der Waals surface area (Å²) >= 11 is 0. The number of nitrogens with one attached hydrogen (secondary N) is 1. The van der Waals surface area contributed by atoms with Crippen molar-refractivity contribution in [2.75, 3.05) is 38.2 Å². The van der Waals surface area contributed by atoms with Gasteiger partial charge in [0.2, 0.25) is 5.91 Å². The van der Waals surface area contributed by atoms with E-state index in [2.05, 4.69) is 27.2 Å². The molecule has 1 saturated heterocycles. The third-order valence-electron chi connectivity index (χ3n) is 4.99. The highest BCUT2D eigenvalue weighted by Crippen LogP contribution is 2.21. The lowest BCUT2D eigenvalue weighted by molar-refractivity contribution is -0.126. The van der Waals surface area contributed by atoms with Gasteiger partial charge >= 0.3 is 0 Å². The van der Waals surface area contributed by atoms with Crippen LogP contribution >= 0.6 is 0 Å². The highest BCUT2D eigenvalue weighted by Gasteiger charge is 2.25. The van der Waals surface area contributed by atoms with Crippen molar-refractivity contribution in [3.05, 3.63) is 60.2 Å². The van der Waals surface area contributed by atoms with Crippen LogP contribution in [0.5, 0.6) is 5.75 Å². The third-order valence-corrected chi connectivity index (χ3v) is 4.99. The average molecular weight is 353 g/mol. The number of nitrogens with zero attached hydrogens (tertiary/aromatic N) is 2. The van der Waals surface area contributed by atoms with Crippen molar-refractivity contribution >= 4 is 11.6 Å². The number of amides is 1. The van der Waals surface area contributed by atoms with Gasteiger partial charge in [0.05, 0.1) is 13.2 Å². The number of piperazine rings is 1. The second-order valence-electron chi connectivity index (χ2n) is 6.60. The van der Waals surface area contributed by atoms with E-state index in [4.69, 9.17) is 4.74 Å². The van der Waals surface area contributed by atoms with Crippen LogP contribution in [-0.2, 0) is 11.3 Å². The predicted molar refractivity (Wildman–Crippen MR) is 105 cm³/mol. The van der Waals surface area contributed by atoms with Gasteiger partial charge in [-0.1, -0.05) is 30.3 Å². The number of carbonyl (C=O) groups excluding carboxylic acids is 1. The quantitative estimate of drug-likeness (QED) is 0.867. The normalized spacial score (nSPS) is 16.2. The molecule has 0 spiro atoms. The molecular formula is C21H27N3O2. The fourth-order valence-corrected chi connectivity index (χ4v) is 3.26. The van der Waals surface area contributed by atoms with Crippen LogP contribution in [0.2, 0.25) is 0 Å². The Kier molecular flexibility index (Phi) is 6.12. The van der Waals surface area contributed by atoms with E-state index < -0.39 is 0 Å². The molecule has 2 aromatic rings. The molecule has 5 nitrogen and oxygen atoms in total. The summed E-state index contributed by atoms with van der Waals surface area (Å²) in [5, 5.41) is 3.04. The Balaban J connectivity index is 1.48. The first-order valence-corrected chi connectivity index (χ1v) is 9.12. The third kappa shape index (κ3) is 4.55. The van der Waals surface area contributed by atoms with Crippen molar-refractivity contribution in [2.24, 2.45) is 0 Å². The monoisotopic (exact) mass is 353 g/mol. The van der Waals surface area contributed by atoms with Crippen LogP contribution in [0.3, 0.4) is 0 Å². The molecule has 0 radical (unpaired) electrons. The number of rotatable bonds is 6. The summed E-state index contributed by atoms with van der Waals surface area (Å²) in [7, 11) is 1.68. The lowest BCUT2D eigenvalue weighted by Crippen LogP contribution is -2.53. The van der Waals surface area contributed by atoms with Crippen LogP contribution in [0, 0.1) is 0 Å². The number of hydrogen-bond donors (Lipinski definition) is 1. The number of hydrogen-bond acceptors (Lipinski definition) is 4. The summed E-state index contributed by atoms with van der Waals surface area (Å²) in [5.74, 6) is 0.961. The van der Waals surface area contributed by atoms with E-state index in [1.807, 2.05) is 49.4 Å². The van der Waals surface area contributed by atoms with E-state index in [1.54, 1.807) is 7.11 Å². The Bertz CT molecular complexity index is 695. The molecule has 3 rings (SSSR count). The molecule has 1 unspecified atom stereocenters. The first-order chi connectivity index (χ1) is 12.7. The van der Waals surface area contributed by atoms with Crippen molar-refractivity contribution in [1.82, 2.24) is 10.2 Å². The molecule has 0 saturated carbocycles. The van der Waals surface area contributed by atoms with Crippen molar-refractivity contribution in [3.63, 3.8) is 0 Å². The number of carbonyl (C=O) groups is 1. The lowest BCUT2D eigenvalue weighted by atomic mass is 10.2. The smallest absolute Gasteiger partial charge is 0.237 e. The minimum atomic E-state index is -0.114. The summed E-state index contributed by atoms with van der Waals surface area (Å²) in [6.07, 6.45) is 0. The Labute approximate surface area is 155 Å². The van der Waals surface area contributed by atoms with Gasteiger partial charge in [-0.15, -0.1) is 0 Å². The minimum Gasteiger partial charge on any atom is -0.497 e. The number of anilines is 1. The number of methoxy groups -OCH3 is 1. The zero-order chi connectivity index (χ0) is 18.4. The number of benzene rings is 2.